The SMILES string of the molecule is Cc1cccc(NS(=O)(=O)/C=C/c2ccccc2Cl)c1C(=O)O. The number of aromatic carboxylic acids is 1. The molecule has 2 aromatic rings. The molecule has 0 bridgehead atoms. The lowest BCUT2D eigenvalue weighted by molar-refractivity contribution is 0.0697. The molecule has 0 aliphatic rings. The Balaban J connectivity index is 2.31. The van der Waals surface area contributed by atoms with Crippen LogP contribution in [0, 0.1) is 6.92 Å². The van der Waals surface area contributed by atoms with Gasteiger partial charge in [0.2, 0.25) is 0 Å². The zero-order chi connectivity index (χ0) is 17.0. The van der Waals surface area contributed by atoms with Gasteiger partial charge >= 0.3 is 5.97 Å². The molecule has 0 aliphatic heterocycles. The van der Waals surface area contributed by atoms with Crippen LogP contribution in [0.15, 0.2) is 47.9 Å². The second-order valence-corrected chi connectivity index (χ2v) is 6.75. The number of halogens is 1. The summed E-state index contributed by atoms with van der Waals surface area (Å²) in [5.41, 5.74) is 0.943. The predicted octanol–water partition coefficient (Wildman–Crippen LogP) is 3.76. The molecule has 2 rings (SSSR count). The maximum Gasteiger partial charge on any atom is 0.338 e. The van der Waals surface area contributed by atoms with E-state index in [0.29, 0.717) is 16.1 Å². The van der Waals surface area contributed by atoms with Crippen LogP contribution in [0.1, 0.15) is 21.5 Å². The van der Waals surface area contributed by atoms with Gasteiger partial charge in [0.25, 0.3) is 10.0 Å². The molecule has 23 heavy (non-hydrogen) atoms. The minimum atomic E-state index is -3.87. The minimum absolute atomic E-state index is 0.0151. The smallest absolute Gasteiger partial charge is 0.338 e. The van der Waals surface area contributed by atoms with E-state index in [1.165, 1.54) is 12.1 Å². The number of hydrogen-bond acceptors (Lipinski definition) is 3. The van der Waals surface area contributed by atoms with Gasteiger partial charge < -0.3 is 5.11 Å². The summed E-state index contributed by atoms with van der Waals surface area (Å²) in [4.78, 5) is 11.3. The Kier molecular flexibility index (Phi) is 5.08. The highest BCUT2D eigenvalue weighted by Crippen LogP contribution is 2.22. The van der Waals surface area contributed by atoms with Gasteiger partial charge in [-0.15, -0.1) is 0 Å². The second-order valence-electron chi connectivity index (χ2n) is 4.77. The quantitative estimate of drug-likeness (QED) is 0.859. The highest BCUT2D eigenvalue weighted by atomic mass is 35.5. The van der Waals surface area contributed by atoms with Gasteiger partial charge in [0.05, 0.1) is 16.7 Å². The Morgan fingerprint density at radius 2 is 1.87 bits per heavy atom. The first-order valence-electron chi connectivity index (χ1n) is 6.58. The van der Waals surface area contributed by atoms with Gasteiger partial charge in [0, 0.05) is 5.02 Å². The van der Waals surface area contributed by atoms with Crippen molar-refractivity contribution in [3.05, 3.63) is 69.6 Å². The van der Waals surface area contributed by atoms with E-state index in [4.69, 9.17) is 11.6 Å². The van der Waals surface area contributed by atoms with E-state index < -0.39 is 16.0 Å². The molecule has 2 N–H and O–H groups in total. The Bertz CT molecular complexity index is 875. The van der Waals surface area contributed by atoms with Crippen LogP contribution >= 0.6 is 11.6 Å². The van der Waals surface area contributed by atoms with E-state index in [9.17, 15) is 18.3 Å². The topological polar surface area (TPSA) is 83.5 Å². The first-order valence-corrected chi connectivity index (χ1v) is 8.51. The third-order valence-corrected chi connectivity index (χ3v) is 4.41. The maximum absolute atomic E-state index is 12.1. The Morgan fingerprint density at radius 1 is 1.17 bits per heavy atom. The average molecular weight is 352 g/mol. The van der Waals surface area contributed by atoms with Crippen molar-refractivity contribution in [2.45, 2.75) is 6.92 Å². The molecule has 0 saturated heterocycles. The summed E-state index contributed by atoms with van der Waals surface area (Å²) >= 11 is 5.96. The molecule has 0 saturated carbocycles. The standard InChI is InChI=1S/C16H14ClNO4S/c1-11-5-4-8-14(15(11)16(19)20)18-23(21,22)10-9-12-6-2-3-7-13(12)17/h2-10,18H,1H3,(H,19,20)/b10-9+. The highest BCUT2D eigenvalue weighted by Gasteiger charge is 2.16. The molecule has 0 unspecified atom stereocenters. The molecule has 0 fully saturated rings. The summed E-state index contributed by atoms with van der Waals surface area (Å²) in [6.45, 7) is 1.60. The minimum Gasteiger partial charge on any atom is -0.478 e. The molecule has 120 valence electrons. The number of sulfonamides is 1. The Labute approximate surface area is 139 Å². The van der Waals surface area contributed by atoms with E-state index in [1.807, 2.05) is 0 Å². The molecule has 2 aromatic carbocycles. The monoisotopic (exact) mass is 351 g/mol. The first kappa shape index (κ1) is 17.1. The van der Waals surface area contributed by atoms with Gasteiger partial charge in [-0.2, -0.15) is 0 Å². The van der Waals surface area contributed by atoms with Crippen LogP contribution in [-0.2, 0) is 10.0 Å². The van der Waals surface area contributed by atoms with Crippen molar-refractivity contribution in [1.29, 1.82) is 0 Å². The van der Waals surface area contributed by atoms with Crippen molar-refractivity contribution in [2.75, 3.05) is 4.72 Å². The van der Waals surface area contributed by atoms with Crippen LogP contribution in [0.2, 0.25) is 5.02 Å². The molecule has 0 radical (unpaired) electrons. The van der Waals surface area contributed by atoms with Gasteiger partial charge in [-0.05, 0) is 36.3 Å². The van der Waals surface area contributed by atoms with E-state index >= 15 is 0 Å². The summed E-state index contributed by atoms with van der Waals surface area (Å²) in [7, 11) is -3.87. The van der Waals surface area contributed by atoms with E-state index in [-0.39, 0.29) is 11.3 Å². The number of rotatable bonds is 5. The molecule has 0 aliphatic carbocycles. The molecule has 0 spiro atoms. The number of aryl methyl sites for hydroxylation is 1. The molecule has 7 heteroatoms. The van der Waals surface area contributed by atoms with Crippen LogP contribution in [0.4, 0.5) is 5.69 Å². The predicted molar refractivity (Wildman–Crippen MR) is 91.2 cm³/mol. The molecule has 0 aromatic heterocycles. The lowest BCUT2D eigenvalue weighted by Gasteiger charge is -2.10. The summed E-state index contributed by atoms with van der Waals surface area (Å²) in [5, 5.41) is 10.6. The van der Waals surface area contributed by atoms with Gasteiger partial charge in [0.1, 0.15) is 0 Å². The van der Waals surface area contributed by atoms with Crippen molar-refractivity contribution in [3.63, 3.8) is 0 Å². The Morgan fingerprint density at radius 3 is 2.52 bits per heavy atom. The fourth-order valence-corrected chi connectivity index (χ4v) is 3.07. The maximum atomic E-state index is 12.1. The Hall–Kier alpha value is -2.31. The lowest BCUT2D eigenvalue weighted by atomic mass is 10.1. The molecule has 0 amide bonds. The van der Waals surface area contributed by atoms with Crippen molar-refractivity contribution in [3.8, 4) is 0 Å². The number of anilines is 1. The largest absolute Gasteiger partial charge is 0.478 e. The average Bonchev–Trinajstić information content (AvgIpc) is 2.45. The van der Waals surface area contributed by atoms with Crippen molar-refractivity contribution in [1.82, 2.24) is 0 Å². The molecular weight excluding hydrogens is 338 g/mol. The number of carbonyl (C=O) groups is 1. The van der Waals surface area contributed by atoms with Crippen LogP contribution in [0.3, 0.4) is 0 Å². The summed E-state index contributed by atoms with van der Waals surface area (Å²) in [6.07, 6.45) is 1.35. The third kappa shape index (κ3) is 4.34. The number of benzene rings is 2. The summed E-state index contributed by atoms with van der Waals surface area (Å²) < 4.78 is 26.5. The molecule has 0 heterocycles. The van der Waals surface area contributed by atoms with Gasteiger partial charge in [0.15, 0.2) is 0 Å². The van der Waals surface area contributed by atoms with Gasteiger partial charge in [-0.25, -0.2) is 13.2 Å². The van der Waals surface area contributed by atoms with Crippen LogP contribution in [0.25, 0.3) is 6.08 Å². The number of carboxylic acids is 1. The van der Waals surface area contributed by atoms with E-state index in [1.54, 1.807) is 43.3 Å². The molecule has 0 atom stereocenters. The molecular formula is C16H14ClNO4S. The lowest BCUT2D eigenvalue weighted by Crippen LogP contribution is -2.13. The van der Waals surface area contributed by atoms with Crippen molar-refractivity contribution < 1.29 is 18.3 Å². The van der Waals surface area contributed by atoms with Crippen LogP contribution in [0.5, 0.6) is 0 Å². The van der Waals surface area contributed by atoms with Crippen LogP contribution in [-0.4, -0.2) is 19.5 Å². The second kappa shape index (κ2) is 6.85. The molecule has 5 nitrogen and oxygen atoms in total. The van der Waals surface area contributed by atoms with Gasteiger partial charge in [-0.3, -0.25) is 4.72 Å². The zero-order valence-electron chi connectivity index (χ0n) is 12.2. The zero-order valence-corrected chi connectivity index (χ0v) is 13.7. The fourth-order valence-electron chi connectivity index (χ4n) is 2.00. The number of nitrogens with one attached hydrogen (secondary N) is 1. The summed E-state index contributed by atoms with van der Waals surface area (Å²) in [6, 6.07) is 11.4. The normalized spacial score (nSPS) is 11.6. The van der Waals surface area contributed by atoms with Crippen LogP contribution < -0.4 is 4.72 Å². The number of hydrogen-bond donors (Lipinski definition) is 2. The fraction of sp³-hybridized carbons (Fsp3) is 0.0625. The number of carboxylic acid groups (broad SMARTS) is 1. The summed E-state index contributed by atoms with van der Waals surface area (Å²) in [5.74, 6) is -1.20. The first-order chi connectivity index (χ1) is 10.8. The third-order valence-electron chi connectivity index (χ3n) is 3.07. The van der Waals surface area contributed by atoms with E-state index in [0.717, 1.165) is 5.41 Å². The van der Waals surface area contributed by atoms with Gasteiger partial charge in [-0.1, -0.05) is 41.9 Å². The van der Waals surface area contributed by atoms with Crippen molar-refractivity contribution >= 4 is 39.4 Å². The van der Waals surface area contributed by atoms with E-state index in [2.05, 4.69) is 4.72 Å². The van der Waals surface area contributed by atoms with Crippen molar-refractivity contribution in [2.24, 2.45) is 0 Å². The highest BCUT2D eigenvalue weighted by molar-refractivity contribution is 7.95.